The van der Waals surface area contributed by atoms with Gasteiger partial charge in [0.15, 0.2) is 11.9 Å². The number of hydrogen-bond donors (Lipinski definition) is 2. The number of Topliss-reactive ketones (excluding diaryl/α,β-unsaturated/α-hetero) is 1. The summed E-state index contributed by atoms with van der Waals surface area (Å²) >= 11 is 0. The Morgan fingerprint density at radius 1 is 1.08 bits per heavy atom. The van der Waals surface area contributed by atoms with Gasteiger partial charge in [0.1, 0.15) is 5.75 Å². The number of amides is 2. The number of hydrogen-bond acceptors (Lipinski definition) is 4. The minimum absolute atomic E-state index is 0.0919. The average molecular weight is 326 g/mol. The minimum Gasteiger partial charge on any atom is -0.480 e. The number of benzene rings is 2. The van der Waals surface area contributed by atoms with E-state index in [4.69, 9.17) is 10.5 Å². The molecule has 124 valence electrons. The molecule has 0 heterocycles. The largest absolute Gasteiger partial charge is 0.480 e. The van der Waals surface area contributed by atoms with Gasteiger partial charge in [-0.2, -0.15) is 0 Å². The Morgan fingerprint density at radius 3 is 2.46 bits per heavy atom. The Balaban J connectivity index is 2.09. The smallest absolute Gasteiger partial charge is 0.265 e. The van der Waals surface area contributed by atoms with Gasteiger partial charge in [-0.1, -0.05) is 24.3 Å². The fourth-order valence-corrected chi connectivity index (χ4v) is 2.08. The van der Waals surface area contributed by atoms with Crippen molar-refractivity contribution < 1.29 is 19.1 Å². The molecule has 0 aliphatic heterocycles. The van der Waals surface area contributed by atoms with Crippen LogP contribution in [0.2, 0.25) is 0 Å². The first-order valence-corrected chi connectivity index (χ1v) is 7.36. The van der Waals surface area contributed by atoms with Crippen molar-refractivity contribution in [3.05, 3.63) is 59.7 Å². The number of nitrogens with one attached hydrogen (secondary N) is 1. The lowest BCUT2D eigenvalue weighted by molar-refractivity contribution is -0.122. The van der Waals surface area contributed by atoms with Crippen LogP contribution in [-0.2, 0) is 4.79 Å². The number of primary amides is 1. The van der Waals surface area contributed by atoms with Crippen molar-refractivity contribution in [3.63, 3.8) is 0 Å². The molecule has 1 atom stereocenters. The van der Waals surface area contributed by atoms with E-state index in [1.165, 1.54) is 13.0 Å². The van der Waals surface area contributed by atoms with E-state index < -0.39 is 17.9 Å². The zero-order valence-corrected chi connectivity index (χ0v) is 13.4. The molecule has 0 unspecified atom stereocenters. The first kappa shape index (κ1) is 17.2. The monoisotopic (exact) mass is 326 g/mol. The molecule has 6 heteroatoms. The van der Waals surface area contributed by atoms with Crippen LogP contribution in [0.5, 0.6) is 5.75 Å². The highest BCUT2D eigenvalue weighted by atomic mass is 16.5. The molecule has 0 saturated carbocycles. The summed E-state index contributed by atoms with van der Waals surface area (Å²) in [7, 11) is 0. The normalized spacial score (nSPS) is 11.4. The molecule has 0 spiro atoms. The standard InChI is InChI=1S/C18H18N2O4/c1-11(21)13-6-5-7-14(10-13)20-18(23)12(2)24-16-9-4-3-8-15(16)17(19)22/h3-10,12H,1-2H3,(H2,19,22)(H,20,23)/t12-/m1/s1. The van der Waals surface area contributed by atoms with Gasteiger partial charge in [-0.25, -0.2) is 0 Å². The highest BCUT2D eigenvalue weighted by molar-refractivity contribution is 5.98. The zero-order chi connectivity index (χ0) is 17.7. The van der Waals surface area contributed by atoms with E-state index >= 15 is 0 Å². The highest BCUT2D eigenvalue weighted by Crippen LogP contribution is 2.19. The number of carbonyl (C=O) groups excluding carboxylic acids is 3. The highest BCUT2D eigenvalue weighted by Gasteiger charge is 2.18. The van der Waals surface area contributed by atoms with Gasteiger partial charge in [-0.3, -0.25) is 14.4 Å². The van der Waals surface area contributed by atoms with E-state index in [9.17, 15) is 14.4 Å². The second kappa shape index (κ2) is 7.41. The van der Waals surface area contributed by atoms with Crippen LogP contribution in [0.25, 0.3) is 0 Å². The third-order valence-corrected chi connectivity index (χ3v) is 3.36. The predicted molar refractivity (Wildman–Crippen MR) is 90.1 cm³/mol. The first-order valence-electron chi connectivity index (χ1n) is 7.36. The number of para-hydroxylation sites is 1. The molecule has 2 aromatic rings. The minimum atomic E-state index is -0.855. The lowest BCUT2D eigenvalue weighted by Gasteiger charge is -2.16. The molecule has 3 N–H and O–H groups in total. The second-order valence-corrected chi connectivity index (χ2v) is 5.25. The topological polar surface area (TPSA) is 98.5 Å². The van der Waals surface area contributed by atoms with Crippen LogP contribution in [0.15, 0.2) is 48.5 Å². The number of anilines is 1. The molecular weight excluding hydrogens is 308 g/mol. The van der Waals surface area contributed by atoms with E-state index in [1.54, 1.807) is 49.4 Å². The summed E-state index contributed by atoms with van der Waals surface area (Å²) in [5, 5.41) is 2.67. The quantitative estimate of drug-likeness (QED) is 0.796. The molecule has 0 fully saturated rings. The SMILES string of the molecule is CC(=O)c1cccc(NC(=O)[C@@H](C)Oc2ccccc2C(N)=O)c1. The summed E-state index contributed by atoms with van der Waals surface area (Å²) in [5.74, 6) is -0.890. The summed E-state index contributed by atoms with van der Waals surface area (Å²) in [6, 6.07) is 13.0. The first-order chi connectivity index (χ1) is 11.4. The molecule has 0 bridgehead atoms. The van der Waals surface area contributed by atoms with Crippen LogP contribution in [0.4, 0.5) is 5.69 Å². The van der Waals surface area contributed by atoms with Crippen LogP contribution >= 0.6 is 0 Å². The summed E-state index contributed by atoms with van der Waals surface area (Å²) in [4.78, 5) is 35.0. The molecule has 0 aliphatic carbocycles. The van der Waals surface area contributed by atoms with Gasteiger partial charge in [0.05, 0.1) is 5.56 Å². The van der Waals surface area contributed by atoms with Gasteiger partial charge in [0, 0.05) is 11.3 Å². The Bertz CT molecular complexity index is 786. The average Bonchev–Trinajstić information content (AvgIpc) is 2.55. The maximum Gasteiger partial charge on any atom is 0.265 e. The third-order valence-electron chi connectivity index (χ3n) is 3.36. The van der Waals surface area contributed by atoms with Crippen molar-refractivity contribution in [2.45, 2.75) is 20.0 Å². The van der Waals surface area contributed by atoms with Crippen LogP contribution in [0, 0.1) is 0 Å². The van der Waals surface area contributed by atoms with E-state index in [-0.39, 0.29) is 17.1 Å². The molecule has 24 heavy (non-hydrogen) atoms. The fourth-order valence-electron chi connectivity index (χ4n) is 2.08. The molecule has 2 aromatic carbocycles. The van der Waals surface area contributed by atoms with Crippen molar-refractivity contribution >= 4 is 23.3 Å². The van der Waals surface area contributed by atoms with E-state index in [0.717, 1.165) is 0 Å². The van der Waals surface area contributed by atoms with E-state index in [1.807, 2.05) is 0 Å². The zero-order valence-electron chi connectivity index (χ0n) is 13.4. The molecule has 0 saturated heterocycles. The molecule has 0 aromatic heterocycles. The molecule has 0 aliphatic rings. The summed E-state index contributed by atoms with van der Waals surface area (Å²) in [5.41, 5.74) is 6.48. The maximum atomic E-state index is 12.2. The van der Waals surface area contributed by atoms with Gasteiger partial charge >= 0.3 is 0 Å². The summed E-state index contributed by atoms with van der Waals surface area (Å²) < 4.78 is 5.54. The van der Waals surface area contributed by atoms with E-state index in [2.05, 4.69) is 5.32 Å². The fraction of sp³-hybridized carbons (Fsp3) is 0.167. The third kappa shape index (κ3) is 4.19. The number of rotatable bonds is 6. The van der Waals surface area contributed by atoms with Gasteiger partial charge < -0.3 is 15.8 Å². The Hall–Kier alpha value is -3.15. The van der Waals surface area contributed by atoms with Crippen molar-refractivity contribution in [2.24, 2.45) is 5.73 Å². The second-order valence-electron chi connectivity index (χ2n) is 5.25. The molecule has 6 nitrogen and oxygen atoms in total. The van der Waals surface area contributed by atoms with Crippen LogP contribution in [-0.4, -0.2) is 23.7 Å². The summed E-state index contributed by atoms with van der Waals surface area (Å²) in [6.07, 6.45) is -0.855. The maximum absolute atomic E-state index is 12.2. The van der Waals surface area contributed by atoms with Crippen LogP contribution < -0.4 is 15.8 Å². The van der Waals surface area contributed by atoms with Crippen molar-refractivity contribution in [3.8, 4) is 5.75 Å². The lowest BCUT2D eigenvalue weighted by Crippen LogP contribution is -2.31. The predicted octanol–water partition coefficient (Wildman–Crippen LogP) is 2.39. The number of carbonyl (C=O) groups is 3. The molecule has 2 rings (SSSR count). The van der Waals surface area contributed by atoms with Crippen LogP contribution in [0.3, 0.4) is 0 Å². The summed E-state index contributed by atoms with van der Waals surface area (Å²) in [6.45, 7) is 3.01. The van der Waals surface area contributed by atoms with Crippen molar-refractivity contribution in [1.82, 2.24) is 0 Å². The Labute approximate surface area is 139 Å². The molecule has 2 amide bonds. The van der Waals surface area contributed by atoms with Gasteiger partial charge in [-0.15, -0.1) is 0 Å². The Kier molecular flexibility index (Phi) is 5.31. The molecule has 0 radical (unpaired) electrons. The van der Waals surface area contributed by atoms with Crippen LogP contribution in [0.1, 0.15) is 34.6 Å². The number of nitrogens with two attached hydrogens (primary N) is 1. The molecular formula is C18H18N2O4. The van der Waals surface area contributed by atoms with Crippen molar-refractivity contribution in [1.29, 1.82) is 0 Å². The lowest BCUT2D eigenvalue weighted by atomic mass is 10.1. The van der Waals surface area contributed by atoms with Gasteiger partial charge in [0.25, 0.3) is 11.8 Å². The number of ether oxygens (including phenoxy) is 1. The van der Waals surface area contributed by atoms with E-state index in [0.29, 0.717) is 11.3 Å². The van der Waals surface area contributed by atoms with Gasteiger partial charge in [0.2, 0.25) is 0 Å². The van der Waals surface area contributed by atoms with Gasteiger partial charge in [-0.05, 0) is 38.1 Å². The van der Waals surface area contributed by atoms with Crippen molar-refractivity contribution in [2.75, 3.05) is 5.32 Å². The Morgan fingerprint density at radius 2 is 1.79 bits per heavy atom. The number of ketones is 1.